The van der Waals surface area contributed by atoms with Crippen molar-refractivity contribution in [3.63, 3.8) is 0 Å². The number of pyridine rings is 1. The average Bonchev–Trinajstić information content (AvgIpc) is 3.75. The Hall–Kier alpha value is -5.17. The van der Waals surface area contributed by atoms with Crippen LogP contribution in [0.4, 0.5) is 21.0 Å². The number of hydrogen-bond donors (Lipinski definition) is 2. The van der Waals surface area contributed by atoms with E-state index in [2.05, 4.69) is 31.8 Å². The molecule has 2 aliphatic rings. The number of fused-ring (bicyclic) bond motifs is 2. The van der Waals surface area contributed by atoms with Crippen LogP contribution in [-0.2, 0) is 5.41 Å². The lowest BCUT2D eigenvalue weighted by Gasteiger charge is -2.32. The third kappa shape index (κ3) is 7.69. The number of aromatic nitrogens is 5. The first kappa shape index (κ1) is 35.2. The molecule has 52 heavy (non-hydrogen) atoms. The van der Waals surface area contributed by atoms with Gasteiger partial charge in [-0.3, -0.25) is 9.72 Å². The van der Waals surface area contributed by atoms with Gasteiger partial charge in [-0.25, -0.2) is 13.9 Å². The highest BCUT2D eigenvalue weighted by Gasteiger charge is 2.30. The summed E-state index contributed by atoms with van der Waals surface area (Å²) in [7, 11) is 3.93. The van der Waals surface area contributed by atoms with Crippen molar-refractivity contribution in [1.82, 2.24) is 34.6 Å². The van der Waals surface area contributed by atoms with Crippen molar-refractivity contribution >= 4 is 23.4 Å². The van der Waals surface area contributed by atoms with E-state index in [0.717, 1.165) is 54.4 Å². The van der Waals surface area contributed by atoms with E-state index in [0.29, 0.717) is 43.3 Å². The van der Waals surface area contributed by atoms with Crippen LogP contribution >= 0.6 is 0 Å². The average molecular weight is 710 g/mol. The van der Waals surface area contributed by atoms with Gasteiger partial charge in [0.1, 0.15) is 41.5 Å². The minimum Gasteiger partial charge on any atom is -0.492 e. The van der Waals surface area contributed by atoms with Crippen LogP contribution in [0.15, 0.2) is 66.9 Å². The Balaban J connectivity index is 1.08. The summed E-state index contributed by atoms with van der Waals surface area (Å²) in [6.45, 7) is 9.18. The fraction of sp³-hybridized carbons (Fsp3) is 0.436. The lowest BCUT2D eigenvalue weighted by molar-refractivity contribution is 0.171. The normalized spacial score (nSPS) is 17.6. The van der Waals surface area contributed by atoms with Gasteiger partial charge in [0.05, 0.1) is 17.9 Å². The molecule has 4 heterocycles. The van der Waals surface area contributed by atoms with Gasteiger partial charge in [-0.05, 0) is 81.6 Å². The van der Waals surface area contributed by atoms with E-state index in [9.17, 15) is 4.79 Å². The van der Waals surface area contributed by atoms with Crippen LogP contribution in [0.3, 0.4) is 0 Å². The molecule has 13 heteroatoms. The SMILES string of the molecule is CN(C)CCOc1ccc(F)c(-n2nc(C(C)(C)C)cc2NC(=O)N[C@H]2CC[C@@H](Oc3ccc4nnc(N5CCCCC5)n4c3)c3ccccc32)c1. The number of benzene rings is 2. The number of nitrogens with zero attached hydrogens (tertiary/aromatic N) is 7. The number of ether oxygens (including phenoxy) is 2. The van der Waals surface area contributed by atoms with E-state index in [-0.39, 0.29) is 23.2 Å². The Labute approximate surface area is 303 Å². The third-order valence-corrected chi connectivity index (χ3v) is 9.69. The van der Waals surface area contributed by atoms with Gasteiger partial charge < -0.3 is 24.6 Å². The highest BCUT2D eigenvalue weighted by atomic mass is 19.1. The van der Waals surface area contributed by atoms with Crippen molar-refractivity contribution in [2.75, 3.05) is 50.6 Å². The number of carbonyl (C=O) groups excluding carboxylic acids is 1. The number of carbonyl (C=O) groups is 1. The number of hydrogen-bond acceptors (Lipinski definition) is 8. The molecule has 0 radical (unpaired) electrons. The number of halogens is 1. The first-order valence-corrected chi connectivity index (χ1v) is 18.1. The molecule has 0 bridgehead atoms. The maximum Gasteiger partial charge on any atom is 0.320 e. The van der Waals surface area contributed by atoms with E-state index in [1.54, 1.807) is 18.2 Å². The summed E-state index contributed by atoms with van der Waals surface area (Å²) < 4.78 is 31.3. The van der Waals surface area contributed by atoms with Gasteiger partial charge in [0.2, 0.25) is 5.95 Å². The molecule has 2 aromatic carbocycles. The smallest absolute Gasteiger partial charge is 0.320 e. The highest BCUT2D eigenvalue weighted by Crippen LogP contribution is 2.39. The summed E-state index contributed by atoms with van der Waals surface area (Å²) in [5, 5.41) is 19.7. The van der Waals surface area contributed by atoms with E-state index < -0.39 is 11.8 Å². The lowest BCUT2D eigenvalue weighted by Crippen LogP contribution is -2.36. The van der Waals surface area contributed by atoms with E-state index in [4.69, 9.17) is 14.6 Å². The lowest BCUT2D eigenvalue weighted by atomic mass is 9.85. The molecule has 0 spiro atoms. The van der Waals surface area contributed by atoms with Gasteiger partial charge in [-0.15, -0.1) is 10.2 Å². The summed E-state index contributed by atoms with van der Waals surface area (Å²) in [4.78, 5) is 18.0. The Bertz CT molecular complexity index is 2030. The molecule has 1 fully saturated rings. The van der Waals surface area contributed by atoms with Crippen molar-refractivity contribution in [3.05, 3.63) is 89.5 Å². The first-order valence-electron chi connectivity index (χ1n) is 18.1. The predicted octanol–water partition coefficient (Wildman–Crippen LogP) is 7.06. The second kappa shape index (κ2) is 14.8. The van der Waals surface area contributed by atoms with Crippen LogP contribution in [0.5, 0.6) is 11.5 Å². The summed E-state index contributed by atoms with van der Waals surface area (Å²) in [6.07, 6.45) is 6.68. The van der Waals surface area contributed by atoms with Crippen LogP contribution in [0, 0.1) is 5.82 Å². The highest BCUT2D eigenvalue weighted by molar-refractivity contribution is 5.89. The van der Waals surface area contributed by atoms with Gasteiger partial charge in [0.25, 0.3) is 0 Å². The second-order valence-corrected chi connectivity index (χ2v) is 14.9. The predicted molar refractivity (Wildman–Crippen MR) is 199 cm³/mol. The topological polar surface area (TPSA) is 114 Å². The monoisotopic (exact) mass is 709 g/mol. The number of amides is 2. The zero-order chi connectivity index (χ0) is 36.4. The molecule has 0 unspecified atom stereocenters. The molecular formula is C39H48FN9O3. The summed E-state index contributed by atoms with van der Waals surface area (Å²) in [5.74, 6) is 1.97. The number of nitrogens with one attached hydrogen (secondary N) is 2. The van der Waals surface area contributed by atoms with Gasteiger partial charge >= 0.3 is 6.03 Å². The fourth-order valence-corrected chi connectivity index (χ4v) is 6.85. The second-order valence-electron chi connectivity index (χ2n) is 14.9. The van der Waals surface area contributed by atoms with Crippen molar-refractivity contribution in [3.8, 4) is 17.2 Å². The van der Waals surface area contributed by atoms with Crippen LogP contribution < -0.4 is 25.0 Å². The Kier molecular flexibility index (Phi) is 10.0. The minimum absolute atomic E-state index is 0.184. The molecule has 3 aromatic heterocycles. The maximum absolute atomic E-state index is 15.4. The van der Waals surface area contributed by atoms with Crippen molar-refractivity contribution in [1.29, 1.82) is 0 Å². The van der Waals surface area contributed by atoms with Crippen LogP contribution in [0.2, 0.25) is 0 Å². The van der Waals surface area contributed by atoms with Crippen molar-refractivity contribution < 1.29 is 18.7 Å². The summed E-state index contributed by atoms with van der Waals surface area (Å²) in [5.41, 5.74) is 3.34. The Morgan fingerprint density at radius 2 is 1.73 bits per heavy atom. The van der Waals surface area contributed by atoms with Gasteiger partial charge in [0, 0.05) is 37.2 Å². The Morgan fingerprint density at radius 3 is 2.50 bits per heavy atom. The van der Waals surface area contributed by atoms with Crippen LogP contribution in [0.1, 0.15) is 81.8 Å². The summed E-state index contributed by atoms with van der Waals surface area (Å²) in [6, 6.07) is 17.6. The molecule has 1 aliphatic heterocycles. The number of rotatable bonds is 10. The zero-order valence-corrected chi connectivity index (χ0v) is 30.6. The molecule has 7 rings (SSSR count). The van der Waals surface area contributed by atoms with Gasteiger partial charge in [-0.1, -0.05) is 45.0 Å². The first-order chi connectivity index (χ1) is 25.0. The summed E-state index contributed by atoms with van der Waals surface area (Å²) >= 11 is 0. The zero-order valence-electron chi connectivity index (χ0n) is 30.6. The molecule has 1 saturated heterocycles. The standard InChI is InChI=1S/C39H48FN9O3/c1-39(2,3)34-24-36(49(45-34)32-23-26(13-15-30(32)40)51-22-21-46(4)5)42-37(50)41-31-16-17-33(29-12-8-7-11-28(29)31)52-27-14-18-35-43-44-38(48(35)25-27)47-19-9-6-10-20-47/h7-8,11-15,18,23-25,31,33H,6,9-10,16-17,19-22H2,1-5H3,(H2,41,42,50)/t31-,33+/m0/s1. The van der Waals surface area contributed by atoms with Crippen LogP contribution in [-0.4, -0.2) is 75.6 Å². The quantitative estimate of drug-likeness (QED) is 0.159. The van der Waals surface area contributed by atoms with Crippen molar-refractivity contribution in [2.24, 2.45) is 0 Å². The molecule has 2 N–H and O–H groups in total. The Morgan fingerprint density at radius 1 is 0.962 bits per heavy atom. The van der Waals surface area contributed by atoms with Gasteiger partial charge in [-0.2, -0.15) is 5.10 Å². The number of piperidine rings is 1. The van der Waals surface area contributed by atoms with E-state index >= 15 is 4.39 Å². The minimum atomic E-state index is -0.481. The fourth-order valence-electron chi connectivity index (χ4n) is 6.85. The molecule has 2 amide bonds. The molecule has 0 saturated carbocycles. The molecule has 274 valence electrons. The van der Waals surface area contributed by atoms with E-state index in [1.807, 2.05) is 80.7 Å². The molecular weight excluding hydrogens is 661 g/mol. The number of urea groups is 1. The molecule has 2 atom stereocenters. The molecule has 1 aliphatic carbocycles. The maximum atomic E-state index is 15.4. The van der Waals surface area contributed by atoms with Gasteiger partial charge in [0.15, 0.2) is 5.65 Å². The third-order valence-electron chi connectivity index (χ3n) is 9.69. The number of anilines is 2. The molecule has 5 aromatic rings. The van der Waals surface area contributed by atoms with E-state index in [1.165, 1.54) is 17.2 Å². The van der Waals surface area contributed by atoms with Crippen LogP contribution in [0.25, 0.3) is 11.3 Å². The number of likely N-dealkylation sites (N-methyl/N-ethyl adjacent to an activating group) is 1. The molecule has 12 nitrogen and oxygen atoms in total. The van der Waals surface area contributed by atoms with Crippen molar-refractivity contribution in [2.45, 2.75) is 70.4 Å². The largest absolute Gasteiger partial charge is 0.492 e.